The van der Waals surface area contributed by atoms with Crippen molar-refractivity contribution in [2.45, 2.75) is 82.9 Å². The predicted octanol–water partition coefficient (Wildman–Crippen LogP) is -0.496. The third-order valence-electron chi connectivity index (χ3n) is 5.83. The van der Waals surface area contributed by atoms with Crippen LogP contribution in [0.5, 0.6) is 0 Å². The molecule has 0 amide bonds. The topological polar surface area (TPSA) is 137 Å². The summed E-state index contributed by atoms with van der Waals surface area (Å²) in [5.74, 6) is -0.138. The Labute approximate surface area is 159 Å². The Morgan fingerprint density at radius 3 is 2.44 bits per heavy atom. The van der Waals surface area contributed by atoms with Crippen molar-refractivity contribution in [3.05, 3.63) is 12.2 Å². The summed E-state index contributed by atoms with van der Waals surface area (Å²) in [6.07, 6.45) is -3.51. The van der Waals surface area contributed by atoms with Gasteiger partial charge in [-0.2, -0.15) is 0 Å². The molecule has 156 valence electrons. The van der Waals surface area contributed by atoms with Crippen molar-refractivity contribution in [3.63, 3.8) is 0 Å². The second kappa shape index (κ2) is 8.24. The van der Waals surface area contributed by atoms with Crippen LogP contribution in [0, 0.1) is 11.3 Å². The first-order valence-corrected chi connectivity index (χ1v) is 9.32. The lowest BCUT2D eigenvalue weighted by Gasteiger charge is -2.48. The highest BCUT2D eigenvalue weighted by atomic mass is 16.7. The van der Waals surface area contributed by atoms with Crippen LogP contribution in [-0.2, 0) is 14.3 Å². The van der Waals surface area contributed by atoms with Crippen molar-refractivity contribution in [2.75, 3.05) is 6.61 Å². The minimum atomic E-state index is -1.51. The van der Waals surface area contributed by atoms with Crippen molar-refractivity contribution >= 4 is 5.78 Å². The molecule has 0 aromatic heterocycles. The molecule has 1 saturated heterocycles. The van der Waals surface area contributed by atoms with E-state index in [1.54, 1.807) is 19.1 Å². The Morgan fingerprint density at radius 2 is 1.89 bits per heavy atom. The minimum absolute atomic E-state index is 0.121. The number of aliphatic hydroxyl groups excluding tert-OH is 4. The summed E-state index contributed by atoms with van der Waals surface area (Å²) in [6, 6.07) is 0. The third-order valence-corrected chi connectivity index (χ3v) is 5.83. The molecule has 8 atom stereocenters. The molecule has 2 rings (SSSR count). The normalized spacial score (nSPS) is 43.8. The Bertz CT molecular complexity index is 560. The molecule has 5 N–H and O–H groups in total. The standard InChI is InChI=1S/C19H32O8/c1-10-7-12(21)8-18(3,4)19(10,25)6-5-11(2)26-17-16(24)15(23)14(22)13(9-20)27-17/h5-6,10-11,13-17,20,22-25H,7-9H2,1-4H3/b6-5+/t10-,11-,13-,14-,15+,16-,17-,19+/m1/s1. The number of hydrogen-bond donors (Lipinski definition) is 5. The molecular weight excluding hydrogens is 356 g/mol. The highest BCUT2D eigenvalue weighted by molar-refractivity contribution is 5.81. The summed E-state index contributed by atoms with van der Waals surface area (Å²) >= 11 is 0. The summed E-state index contributed by atoms with van der Waals surface area (Å²) in [6.45, 7) is 6.65. The molecule has 27 heavy (non-hydrogen) atoms. The van der Waals surface area contributed by atoms with Gasteiger partial charge < -0.3 is 35.0 Å². The first-order chi connectivity index (χ1) is 12.4. The monoisotopic (exact) mass is 388 g/mol. The zero-order chi connectivity index (χ0) is 20.6. The van der Waals surface area contributed by atoms with Crippen molar-refractivity contribution in [3.8, 4) is 0 Å². The van der Waals surface area contributed by atoms with E-state index in [1.807, 2.05) is 20.8 Å². The van der Waals surface area contributed by atoms with E-state index in [4.69, 9.17) is 9.47 Å². The number of carbonyl (C=O) groups excluding carboxylic acids is 1. The van der Waals surface area contributed by atoms with Crippen LogP contribution in [0.1, 0.15) is 40.5 Å². The van der Waals surface area contributed by atoms with E-state index in [0.717, 1.165) is 0 Å². The van der Waals surface area contributed by atoms with Gasteiger partial charge >= 0.3 is 0 Å². The molecule has 1 aliphatic heterocycles. The van der Waals surface area contributed by atoms with Crippen LogP contribution in [0.4, 0.5) is 0 Å². The lowest BCUT2D eigenvalue weighted by Crippen LogP contribution is -2.59. The number of hydrogen-bond acceptors (Lipinski definition) is 8. The molecule has 0 aromatic carbocycles. The molecule has 2 fully saturated rings. The van der Waals surface area contributed by atoms with Gasteiger partial charge in [0.25, 0.3) is 0 Å². The van der Waals surface area contributed by atoms with Gasteiger partial charge in [-0.05, 0) is 12.8 Å². The van der Waals surface area contributed by atoms with Crippen molar-refractivity contribution < 1.29 is 39.8 Å². The van der Waals surface area contributed by atoms with E-state index < -0.39 is 54.4 Å². The molecule has 0 spiro atoms. The molecule has 0 unspecified atom stereocenters. The van der Waals surface area contributed by atoms with Crippen LogP contribution in [0.3, 0.4) is 0 Å². The Kier molecular flexibility index (Phi) is 6.85. The summed E-state index contributed by atoms with van der Waals surface area (Å²) in [5, 5.41) is 50.1. The second-order valence-electron chi connectivity index (χ2n) is 8.43. The molecule has 1 saturated carbocycles. The van der Waals surface area contributed by atoms with Crippen LogP contribution in [0.15, 0.2) is 12.2 Å². The fourth-order valence-electron chi connectivity index (χ4n) is 3.98. The fraction of sp³-hybridized carbons (Fsp3) is 0.842. The van der Waals surface area contributed by atoms with Gasteiger partial charge in [0.2, 0.25) is 0 Å². The molecule has 0 bridgehead atoms. The van der Waals surface area contributed by atoms with Gasteiger partial charge in [-0.15, -0.1) is 0 Å². The summed E-state index contributed by atoms with van der Waals surface area (Å²) < 4.78 is 10.9. The van der Waals surface area contributed by atoms with Gasteiger partial charge in [0.05, 0.1) is 18.3 Å². The van der Waals surface area contributed by atoms with E-state index in [9.17, 15) is 30.3 Å². The third kappa shape index (κ3) is 4.42. The zero-order valence-electron chi connectivity index (χ0n) is 16.3. The Balaban J connectivity index is 2.08. The summed E-state index contributed by atoms with van der Waals surface area (Å²) in [4.78, 5) is 11.9. The number of ketones is 1. The maximum atomic E-state index is 11.9. The van der Waals surface area contributed by atoms with Crippen molar-refractivity contribution in [2.24, 2.45) is 11.3 Å². The van der Waals surface area contributed by atoms with E-state index in [-0.39, 0.29) is 18.1 Å². The van der Waals surface area contributed by atoms with Crippen molar-refractivity contribution in [1.82, 2.24) is 0 Å². The van der Waals surface area contributed by atoms with Crippen LogP contribution in [0.2, 0.25) is 0 Å². The Hall–Kier alpha value is -0.870. The molecule has 2 aliphatic rings. The minimum Gasteiger partial charge on any atom is -0.394 e. The predicted molar refractivity (Wildman–Crippen MR) is 95.6 cm³/mol. The highest BCUT2D eigenvalue weighted by Crippen LogP contribution is 2.46. The first-order valence-electron chi connectivity index (χ1n) is 9.32. The zero-order valence-corrected chi connectivity index (χ0v) is 16.3. The number of ether oxygens (including phenoxy) is 2. The quantitative estimate of drug-likeness (QED) is 0.398. The molecule has 1 aliphatic carbocycles. The largest absolute Gasteiger partial charge is 0.394 e. The smallest absolute Gasteiger partial charge is 0.187 e. The average molecular weight is 388 g/mol. The van der Waals surface area contributed by atoms with Gasteiger partial charge in [0.1, 0.15) is 30.2 Å². The summed E-state index contributed by atoms with van der Waals surface area (Å²) in [7, 11) is 0. The number of carbonyl (C=O) groups is 1. The fourth-order valence-corrected chi connectivity index (χ4v) is 3.98. The van der Waals surface area contributed by atoms with Gasteiger partial charge in [-0.3, -0.25) is 4.79 Å². The SMILES string of the molecule is C[C@H](/C=C/[C@]1(O)[C@H](C)CC(=O)CC1(C)C)O[C@@H]1O[C@H](CO)[C@@H](O)[C@H](O)[C@H]1O. The molecule has 0 radical (unpaired) electrons. The highest BCUT2D eigenvalue weighted by Gasteiger charge is 2.50. The second-order valence-corrected chi connectivity index (χ2v) is 8.43. The van der Waals surface area contributed by atoms with E-state index in [2.05, 4.69) is 0 Å². The van der Waals surface area contributed by atoms with Gasteiger partial charge in [-0.1, -0.05) is 32.9 Å². The number of rotatable bonds is 5. The van der Waals surface area contributed by atoms with Gasteiger partial charge in [0.15, 0.2) is 6.29 Å². The average Bonchev–Trinajstić information content (AvgIpc) is 2.58. The van der Waals surface area contributed by atoms with E-state index >= 15 is 0 Å². The molecular formula is C19H32O8. The van der Waals surface area contributed by atoms with Crippen LogP contribution < -0.4 is 0 Å². The first kappa shape index (κ1) is 22.4. The lowest BCUT2D eigenvalue weighted by atomic mass is 9.60. The van der Waals surface area contributed by atoms with Crippen LogP contribution in [-0.4, -0.2) is 80.3 Å². The molecule has 8 nitrogen and oxygen atoms in total. The maximum absolute atomic E-state index is 11.9. The van der Waals surface area contributed by atoms with Crippen LogP contribution >= 0.6 is 0 Å². The maximum Gasteiger partial charge on any atom is 0.187 e. The molecule has 0 aromatic rings. The lowest BCUT2D eigenvalue weighted by molar-refractivity contribution is -0.306. The molecule has 1 heterocycles. The van der Waals surface area contributed by atoms with Gasteiger partial charge in [-0.25, -0.2) is 0 Å². The number of Topliss-reactive ketones (excluding diaryl/α,β-unsaturated/α-hetero) is 1. The van der Waals surface area contributed by atoms with E-state index in [0.29, 0.717) is 6.42 Å². The van der Waals surface area contributed by atoms with E-state index in [1.165, 1.54) is 0 Å². The Morgan fingerprint density at radius 1 is 1.26 bits per heavy atom. The van der Waals surface area contributed by atoms with Crippen LogP contribution in [0.25, 0.3) is 0 Å². The number of aliphatic hydroxyl groups is 5. The van der Waals surface area contributed by atoms with Crippen molar-refractivity contribution in [1.29, 1.82) is 0 Å². The summed E-state index contributed by atoms with van der Waals surface area (Å²) in [5.41, 5.74) is -1.84. The van der Waals surface area contributed by atoms with Gasteiger partial charge in [0, 0.05) is 18.3 Å². The molecule has 8 heteroatoms.